The van der Waals surface area contributed by atoms with E-state index in [1.807, 2.05) is 37.3 Å². The Balaban J connectivity index is 1.34. The number of sulfone groups is 1. The van der Waals surface area contributed by atoms with Crippen LogP contribution in [0.25, 0.3) is 0 Å². The van der Waals surface area contributed by atoms with Gasteiger partial charge in [0.05, 0.1) is 21.6 Å². The van der Waals surface area contributed by atoms with Crippen molar-refractivity contribution < 1.29 is 18.0 Å². The van der Waals surface area contributed by atoms with Crippen molar-refractivity contribution in [3.05, 3.63) is 48.5 Å². The van der Waals surface area contributed by atoms with Crippen LogP contribution in [0.4, 0.5) is 11.4 Å². The van der Waals surface area contributed by atoms with E-state index in [2.05, 4.69) is 10.2 Å². The van der Waals surface area contributed by atoms with E-state index in [1.54, 1.807) is 17.0 Å². The molecule has 9 heteroatoms. The molecule has 7 nitrogen and oxygen atoms in total. The zero-order valence-corrected chi connectivity index (χ0v) is 19.6. The number of hydrogen-bond acceptors (Lipinski definition) is 6. The second kappa shape index (κ2) is 9.54. The van der Waals surface area contributed by atoms with Gasteiger partial charge in [-0.15, -0.1) is 11.8 Å². The SMILES string of the molecule is CC[C@H]1Sc2ccc(S(=O)(=O)CCC(=O)N3CCN(c4ccccc4)CC3)cc2NC1=O. The number of nitrogens with one attached hydrogen (secondary N) is 1. The summed E-state index contributed by atoms with van der Waals surface area (Å²) in [6.45, 7) is 4.55. The van der Waals surface area contributed by atoms with Crippen LogP contribution in [0.15, 0.2) is 58.3 Å². The summed E-state index contributed by atoms with van der Waals surface area (Å²) in [6.07, 6.45) is 0.654. The lowest BCUT2D eigenvalue weighted by molar-refractivity contribution is -0.131. The minimum atomic E-state index is -3.64. The van der Waals surface area contributed by atoms with Crippen LogP contribution in [0.1, 0.15) is 19.8 Å². The molecular formula is C23H27N3O4S2. The van der Waals surface area contributed by atoms with Crippen molar-refractivity contribution in [3.63, 3.8) is 0 Å². The van der Waals surface area contributed by atoms with E-state index in [-0.39, 0.29) is 34.1 Å². The average Bonchev–Trinajstić information content (AvgIpc) is 2.82. The Hall–Kier alpha value is -2.52. The van der Waals surface area contributed by atoms with Crippen LogP contribution in [-0.2, 0) is 19.4 Å². The zero-order valence-electron chi connectivity index (χ0n) is 18.0. The molecule has 1 saturated heterocycles. The number of nitrogens with zero attached hydrogens (tertiary/aromatic N) is 2. The summed E-state index contributed by atoms with van der Waals surface area (Å²) in [5, 5.41) is 2.64. The lowest BCUT2D eigenvalue weighted by Gasteiger charge is -2.36. The van der Waals surface area contributed by atoms with E-state index in [9.17, 15) is 18.0 Å². The molecule has 2 heterocycles. The standard InChI is InChI=1S/C23H27N3O4S2/c1-2-20-23(28)24-19-16-18(8-9-21(19)31-20)32(29,30)15-10-22(27)26-13-11-25(12-14-26)17-6-4-3-5-7-17/h3-9,16,20H,2,10-15H2,1H3,(H,24,28)/t20-/m1/s1. The van der Waals surface area contributed by atoms with Gasteiger partial charge in [-0.1, -0.05) is 25.1 Å². The van der Waals surface area contributed by atoms with Gasteiger partial charge >= 0.3 is 0 Å². The molecule has 1 fully saturated rings. The number of benzene rings is 2. The third-order valence-corrected chi connectivity index (χ3v) is 8.99. The fourth-order valence-corrected chi connectivity index (χ4v) is 6.22. The van der Waals surface area contributed by atoms with Crippen molar-refractivity contribution in [2.75, 3.05) is 42.1 Å². The molecule has 0 aliphatic carbocycles. The molecule has 0 bridgehead atoms. The molecule has 4 rings (SSSR count). The first-order chi connectivity index (χ1) is 15.4. The van der Waals surface area contributed by atoms with Crippen molar-refractivity contribution in [3.8, 4) is 0 Å². The molecule has 2 amide bonds. The normalized spacial score (nSPS) is 18.8. The number of carbonyl (C=O) groups excluding carboxylic acids is 2. The predicted molar refractivity (Wildman–Crippen MR) is 127 cm³/mol. The maximum Gasteiger partial charge on any atom is 0.237 e. The first-order valence-corrected chi connectivity index (χ1v) is 13.3. The summed E-state index contributed by atoms with van der Waals surface area (Å²) in [6, 6.07) is 14.9. The molecule has 2 aliphatic rings. The highest BCUT2D eigenvalue weighted by atomic mass is 32.2. The number of para-hydroxylation sites is 1. The first kappa shape index (κ1) is 22.7. The van der Waals surface area contributed by atoms with Gasteiger partial charge in [0.25, 0.3) is 0 Å². The molecule has 1 N–H and O–H groups in total. The first-order valence-electron chi connectivity index (χ1n) is 10.8. The molecule has 0 unspecified atom stereocenters. The summed E-state index contributed by atoms with van der Waals surface area (Å²) in [4.78, 5) is 29.7. The van der Waals surface area contributed by atoms with Gasteiger partial charge in [0, 0.05) is 43.2 Å². The van der Waals surface area contributed by atoms with Crippen molar-refractivity contribution >= 4 is 44.8 Å². The van der Waals surface area contributed by atoms with Gasteiger partial charge in [0.15, 0.2) is 9.84 Å². The number of anilines is 2. The van der Waals surface area contributed by atoms with Crippen molar-refractivity contribution in [2.45, 2.75) is 34.8 Å². The highest BCUT2D eigenvalue weighted by Crippen LogP contribution is 2.38. The van der Waals surface area contributed by atoms with Gasteiger partial charge < -0.3 is 15.1 Å². The van der Waals surface area contributed by atoms with Crippen LogP contribution in [0.5, 0.6) is 0 Å². The van der Waals surface area contributed by atoms with Crippen molar-refractivity contribution in [1.82, 2.24) is 4.90 Å². The lowest BCUT2D eigenvalue weighted by Crippen LogP contribution is -2.49. The predicted octanol–water partition coefficient (Wildman–Crippen LogP) is 3.02. The van der Waals surface area contributed by atoms with E-state index in [0.29, 0.717) is 25.2 Å². The Kier molecular flexibility index (Phi) is 6.76. The van der Waals surface area contributed by atoms with Crippen LogP contribution in [0, 0.1) is 0 Å². The Morgan fingerprint density at radius 3 is 2.50 bits per heavy atom. The Morgan fingerprint density at radius 1 is 1.09 bits per heavy atom. The monoisotopic (exact) mass is 473 g/mol. The third-order valence-electron chi connectivity index (χ3n) is 5.84. The van der Waals surface area contributed by atoms with E-state index < -0.39 is 9.84 Å². The molecule has 0 aromatic heterocycles. The van der Waals surface area contributed by atoms with Gasteiger partial charge in [0.2, 0.25) is 11.8 Å². The number of amides is 2. The molecule has 0 radical (unpaired) electrons. The van der Waals surface area contributed by atoms with Crippen LogP contribution >= 0.6 is 11.8 Å². The molecule has 2 aromatic rings. The maximum absolute atomic E-state index is 12.8. The van der Waals surface area contributed by atoms with Gasteiger partial charge in [-0.25, -0.2) is 8.42 Å². The summed E-state index contributed by atoms with van der Waals surface area (Å²) in [5.41, 5.74) is 1.65. The largest absolute Gasteiger partial charge is 0.368 e. The van der Waals surface area contributed by atoms with E-state index in [4.69, 9.17) is 0 Å². The Morgan fingerprint density at radius 2 is 1.81 bits per heavy atom. The maximum atomic E-state index is 12.8. The zero-order chi connectivity index (χ0) is 22.7. The number of carbonyl (C=O) groups is 2. The minimum Gasteiger partial charge on any atom is -0.368 e. The third kappa shape index (κ3) is 4.94. The lowest BCUT2D eigenvalue weighted by atomic mass is 10.2. The molecule has 0 spiro atoms. The van der Waals surface area contributed by atoms with E-state index in [1.165, 1.54) is 17.8 Å². The molecule has 2 aromatic carbocycles. The molecule has 0 saturated carbocycles. The Labute approximate surface area is 193 Å². The van der Waals surface area contributed by atoms with Gasteiger partial charge in [-0.3, -0.25) is 9.59 Å². The van der Waals surface area contributed by atoms with Crippen LogP contribution in [0.3, 0.4) is 0 Å². The fourth-order valence-electron chi connectivity index (χ4n) is 3.94. The molecular weight excluding hydrogens is 446 g/mol. The topological polar surface area (TPSA) is 86.8 Å². The average molecular weight is 474 g/mol. The fraction of sp³-hybridized carbons (Fsp3) is 0.391. The highest BCUT2D eigenvalue weighted by molar-refractivity contribution is 8.01. The second-order valence-electron chi connectivity index (χ2n) is 7.93. The molecule has 1 atom stereocenters. The summed E-state index contributed by atoms with van der Waals surface area (Å²) in [5.74, 6) is -0.499. The summed E-state index contributed by atoms with van der Waals surface area (Å²) in [7, 11) is -3.64. The van der Waals surface area contributed by atoms with Gasteiger partial charge in [0.1, 0.15) is 0 Å². The van der Waals surface area contributed by atoms with Gasteiger partial charge in [-0.2, -0.15) is 0 Å². The molecule has 2 aliphatic heterocycles. The van der Waals surface area contributed by atoms with Crippen molar-refractivity contribution in [2.24, 2.45) is 0 Å². The van der Waals surface area contributed by atoms with Crippen LogP contribution < -0.4 is 10.2 Å². The number of hydrogen-bond donors (Lipinski definition) is 1. The van der Waals surface area contributed by atoms with Gasteiger partial charge in [-0.05, 0) is 36.8 Å². The number of piperazine rings is 1. The summed E-state index contributed by atoms with van der Waals surface area (Å²) >= 11 is 1.45. The number of thioether (sulfide) groups is 1. The van der Waals surface area contributed by atoms with Crippen molar-refractivity contribution in [1.29, 1.82) is 0 Å². The minimum absolute atomic E-state index is 0.0518. The summed E-state index contributed by atoms with van der Waals surface area (Å²) < 4.78 is 25.7. The van der Waals surface area contributed by atoms with Crippen LogP contribution in [0.2, 0.25) is 0 Å². The Bertz CT molecular complexity index is 1100. The van der Waals surface area contributed by atoms with Crippen LogP contribution in [-0.4, -0.2) is 62.3 Å². The van der Waals surface area contributed by atoms with E-state index >= 15 is 0 Å². The highest BCUT2D eigenvalue weighted by Gasteiger charge is 2.28. The number of fused-ring (bicyclic) bond motifs is 1. The second-order valence-corrected chi connectivity index (χ2v) is 11.3. The smallest absolute Gasteiger partial charge is 0.237 e. The molecule has 32 heavy (non-hydrogen) atoms. The quantitative estimate of drug-likeness (QED) is 0.694. The molecule has 170 valence electrons. The van der Waals surface area contributed by atoms with E-state index in [0.717, 1.165) is 23.7 Å². The number of rotatable bonds is 6.